The number of rotatable bonds is 9. The molecular weight excluding hydrogens is 266 g/mol. The first kappa shape index (κ1) is 17.3. The first-order chi connectivity index (χ1) is 10.0. The number of nitrogens with zero attached hydrogens (tertiary/aromatic N) is 1. The number of likely N-dealkylation sites (N-methyl/N-ethyl adjacent to an activating group) is 1. The van der Waals surface area contributed by atoms with Gasteiger partial charge in [0, 0.05) is 0 Å². The molecule has 5 nitrogen and oxygen atoms in total. The Morgan fingerprint density at radius 2 is 2.00 bits per heavy atom. The van der Waals surface area contributed by atoms with Crippen LogP contribution in [0.3, 0.4) is 0 Å². The second kappa shape index (κ2) is 8.52. The van der Waals surface area contributed by atoms with Gasteiger partial charge in [0.25, 0.3) is 0 Å². The predicted octanol–water partition coefficient (Wildman–Crippen LogP) is 1.90. The lowest BCUT2D eigenvalue weighted by atomic mass is 10.2. The number of hydrogen-bond acceptors (Lipinski definition) is 2. The molecule has 0 atom stereocenters. The van der Waals surface area contributed by atoms with Gasteiger partial charge in [0.15, 0.2) is 0 Å². The third-order valence-corrected chi connectivity index (χ3v) is 4.05. The summed E-state index contributed by atoms with van der Waals surface area (Å²) in [6, 6.07) is 7.62. The maximum Gasteiger partial charge on any atom is 0.312 e. The van der Waals surface area contributed by atoms with Crippen LogP contribution < -0.4 is 15.8 Å². The van der Waals surface area contributed by atoms with E-state index in [1.54, 1.807) is 0 Å². The van der Waals surface area contributed by atoms with Gasteiger partial charge in [-0.1, -0.05) is 12.1 Å². The third-order valence-electron chi connectivity index (χ3n) is 4.05. The van der Waals surface area contributed by atoms with Gasteiger partial charge in [0.05, 0.1) is 26.2 Å². The molecule has 1 aromatic rings. The van der Waals surface area contributed by atoms with Crippen LogP contribution in [0, 0.1) is 6.92 Å². The van der Waals surface area contributed by atoms with Crippen LogP contribution in [0.15, 0.2) is 24.3 Å². The number of nitrogens with one attached hydrogen (secondary N) is 1. The van der Waals surface area contributed by atoms with Crippen LogP contribution in [0.4, 0.5) is 4.79 Å². The standard InChI is InChI=1S/C16H27N3O2/c1-4-19(5-2,10-9-18-16(17)20)11-12-21-15-8-6-7-14(3)13-15/h6-8,13H,4-5,9-12H2,1-3H3,(H2-,17,18,20)/p+1. The third kappa shape index (κ3) is 6.04. The van der Waals surface area contributed by atoms with Crippen molar-refractivity contribution in [1.82, 2.24) is 5.32 Å². The lowest BCUT2D eigenvalue weighted by Crippen LogP contribution is -2.54. The molecule has 0 saturated heterocycles. The maximum absolute atomic E-state index is 10.8. The molecule has 0 radical (unpaired) electrons. The van der Waals surface area contributed by atoms with E-state index in [9.17, 15) is 4.79 Å². The zero-order valence-corrected chi connectivity index (χ0v) is 13.4. The smallest absolute Gasteiger partial charge is 0.312 e. The first-order valence-electron chi connectivity index (χ1n) is 7.59. The second-order valence-electron chi connectivity index (χ2n) is 5.38. The van der Waals surface area contributed by atoms with E-state index in [1.165, 1.54) is 5.56 Å². The molecule has 0 aromatic heterocycles. The second-order valence-corrected chi connectivity index (χ2v) is 5.38. The van der Waals surface area contributed by atoms with Crippen LogP contribution in [0.5, 0.6) is 5.75 Å². The number of amides is 2. The fourth-order valence-electron chi connectivity index (χ4n) is 2.45. The quantitative estimate of drug-likeness (QED) is 0.683. The van der Waals surface area contributed by atoms with Crippen molar-refractivity contribution in [1.29, 1.82) is 0 Å². The van der Waals surface area contributed by atoms with Crippen molar-refractivity contribution in [3.8, 4) is 5.75 Å². The predicted molar refractivity (Wildman–Crippen MR) is 85.3 cm³/mol. The van der Waals surface area contributed by atoms with E-state index in [0.717, 1.165) is 36.4 Å². The van der Waals surface area contributed by atoms with Crippen LogP contribution >= 0.6 is 0 Å². The molecule has 0 spiro atoms. The number of nitrogens with two attached hydrogens (primary N) is 1. The summed E-state index contributed by atoms with van der Waals surface area (Å²) in [6.07, 6.45) is 0. The number of aryl methyl sites for hydroxylation is 1. The fraction of sp³-hybridized carbons (Fsp3) is 0.562. The number of hydrogen-bond donors (Lipinski definition) is 2. The highest BCUT2D eigenvalue weighted by atomic mass is 16.5. The molecule has 3 N–H and O–H groups in total. The molecule has 5 heteroatoms. The Balaban J connectivity index is 2.47. The Labute approximate surface area is 127 Å². The van der Waals surface area contributed by atoms with E-state index >= 15 is 0 Å². The van der Waals surface area contributed by atoms with Crippen LogP contribution in [0.1, 0.15) is 19.4 Å². The monoisotopic (exact) mass is 294 g/mol. The molecule has 118 valence electrons. The van der Waals surface area contributed by atoms with Crippen molar-refractivity contribution >= 4 is 6.03 Å². The molecule has 0 aliphatic rings. The Hall–Kier alpha value is -1.75. The highest BCUT2D eigenvalue weighted by Gasteiger charge is 2.22. The van der Waals surface area contributed by atoms with Crippen molar-refractivity contribution in [2.75, 3.05) is 39.3 Å². The van der Waals surface area contributed by atoms with Gasteiger partial charge in [0.2, 0.25) is 0 Å². The van der Waals surface area contributed by atoms with Gasteiger partial charge in [-0.2, -0.15) is 0 Å². The van der Waals surface area contributed by atoms with Crippen molar-refractivity contribution in [3.63, 3.8) is 0 Å². The van der Waals surface area contributed by atoms with E-state index < -0.39 is 6.03 Å². The lowest BCUT2D eigenvalue weighted by Gasteiger charge is -2.36. The van der Waals surface area contributed by atoms with Crippen molar-refractivity contribution in [2.24, 2.45) is 5.73 Å². The van der Waals surface area contributed by atoms with Crippen LogP contribution in [-0.4, -0.2) is 49.8 Å². The summed E-state index contributed by atoms with van der Waals surface area (Å²) in [6.45, 7) is 11.5. The zero-order valence-electron chi connectivity index (χ0n) is 13.4. The lowest BCUT2D eigenvalue weighted by molar-refractivity contribution is -0.923. The average molecular weight is 294 g/mol. The summed E-state index contributed by atoms with van der Waals surface area (Å²) in [4.78, 5) is 10.8. The molecule has 2 amide bonds. The van der Waals surface area contributed by atoms with E-state index in [2.05, 4.69) is 32.2 Å². The minimum Gasteiger partial charge on any atom is -0.488 e. The van der Waals surface area contributed by atoms with Gasteiger partial charge < -0.3 is 20.3 Å². The minimum atomic E-state index is -0.462. The Bertz CT molecular complexity index is 445. The topological polar surface area (TPSA) is 64.3 Å². The zero-order chi connectivity index (χ0) is 15.7. The van der Waals surface area contributed by atoms with E-state index in [1.807, 2.05) is 18.2 Å². The number of urea groups is 1. The molecule has 0 unspecified atom stereocenters. The van der Waals surface area contributed by atoms with Crippen LogP contribution in [-0.2, 0) is 0 Å². The minimum absolute atomic E-state index is 0.462. The highest BCUT2D eigenvalue weighted by molar-refractivity contribution is 5.71. The van der Waals surface area contributed by atoms with Crippen LogP contribution in [0.2, 0.25) is 0 Å². The van der Waals surface area contributed by atoms with Crippen molar-refractivity contribution in [3.05, 3.63) is 29.8 Å². The van der Waals surface area contributed by atoms with E-state index in [-0.39, 0.29) is 0 Å². The highest BCUT2D eigenvalue weighted by Crippen LogP contribution is 2.13. The Kier molecular flexibility index (Phi) is 7.02. The van der Waals surface area contributed by atoms with Gasteiger partial charge in [-0.05, 0) is 38.5 Å². The summed E-state index contributed by atoms with van der Waals surface area (Å²) in [5.74, 6) is 0.913. The van der Waals surface area contributed by atoms with E-state index in [4.69, 9.17) is 10.5 Å². The van der Waals surface area contributed by atoms with Gasteiger partial charge >= 0.3 is 6.03 Å². The Morgan fingerprint density at radius 1 is 1.29 bits per heavy atom. The molecule has 0 aliphatic carbocycles. The molecule has 21 heavy (non-hydrogen) atoms. The maximum atomic E-state index is 10.8. The van der Waals surface area contributed by atoms with E-state index in [0.29, 0.717) is 13.2 Å². The van der Waals surface area contributed by atoms with Crippen molar-refractivity contribution < 1.29 is 14.0 Å². The largest absolute Gasteiger partial charge is 0.488 e. The Morgan fingerprint density at radius 3 is 2.57 bits per heavy atom. The molecule has 1 rings (SSSR count). The molecule has 0 aliphatic heterocycles. The average Bonchev–Trinajstić information content (AvgIpc) is 2.45. The SMILES string of the molecule is CC[N+](CC)(CCNC(N)=O)CCOc1cccc(C)c1. The number of carbonyl (C=O) groups is 1. The summed E-state index contributed by atoms with van der Waals surface area (Å²) in [5, 5.41) is 2.67. The molecule has 0 saturated carbocycles. The molecule has 0 heterocycles. The summed E-state index contributed by atoms with van der Waals surface area (Å²) in [7, 11) is 0. The van der Waals surface area contributed by atoms with Gasteiger partial charge in [-0.15, -0.1) is 0 Å². The molecule has 0 bridgehead atoms. The van der Waals surface area contributed by atoms with Gasteiger partial charge in [-0.3, -0.25) is 0 Å². The summed E-state index contributed by atoms with van der Waals surface area (Å²) >= 11 is 0. The van der Waals surface area contributed by atoms with Gasteiger partial charge in [0.1, 0.15) is 18.9 Å². The summed E-state index contributed by atoms with van der Waals surface area (Å²) in [5.41, 5.74) is 6.31. The molecule has 0 fully saturated rings. The number of benzene rings is 1. The molecular formula is C16H28N3O2+. The van der Waals surface area contributed by atoms with Crippen LogP contribution in [0.25, 0.3) is 0 Å². The fourth-order valence-corrected chi connectivity index (χ4v) is 2.45. The number of primary amides is 1. The number of carbonyl (C=O) groups excluding carboxylic acids is 1. The van der Waals surface area contributed by atoms with Crippen molar-refractivity contribution in [2.45, 2.75) is 20.8 Å². The first-order valence-corrected chi connectivity index (χ1v) is 7.59. The molecule has 1 aromatic carbocycles. The van der Waals surface area contributed by atoms with Gasteiger partial charge in [-0.25, -0.2) is 4.79 Å². The number of ether oxygens (including phenoxy) is 1. The summed E-state index contributed by atoms with van der Waals surface area (Å²) < 4.78 is 6.75. The number of quaternary nitrogens is 1. The normalized spacial score (nSPS) is 11.2.